The second-order valence-electron chi connectivity index (χ2n) is 9.49. The van der Waals surface area contributed by atoms with Gasteiger partial charge in [0.1, 0.15) is 11.6 Å². The van der Waals surface area contributed by atoms with E-state index < -0.39 is 33.6 Å². The van der Waals surface area contributed by atoms with Gasteiger partial charge in [0.15, 0.2) is 9.84 Å². The third kappa shape index (κ3) is 7.67. The number of halogens is 2. The van der Waals surface area contributed by atoms with Crippen LogP contribution in [0, 0.1) is 17.6 Å². The SMILES string of the molecule is CCc1ccc2c(c1)C(=NCC(O)C(Cc1cc(F)cc(F)c1)NC(=O)CC(C)C)CS(=O)(=O)C2. The zero-order valence-electron chi connectivity index (χ0n) is 20.2. The number of hydrogen-bond acceptors (Lipinski definition) is 5. The highest BCUT2D eigenvalue weighted by atomic mass is 32.2. The normalized spacial score (nSPS) is 17.7. The van der Waals surface area contributed by atoms with Gasteiger partial charge in [-0.3, -0.25) is 9.79 Å². The molecule has 35 heavy (non-hydrogen) atoms. The number of carbonyl (C=O) groups is 1. The second kappa shape index (κ2) is 11.4. The van der Waals surface area contributed by atoms with Crippen molar-refractivity contribution < 1.29 is 27.1 Å². The van der Waals surface area contributed by atoms with Crippen molar-refractivity contribution in [3.8, 4) is 0 Å². The van der Waals surface area contributed by atoms with Crippen LogP contribution in [0.2, 0.25) is 0 Å². The van der Waals surface area contributed by atoms with E-state index in [4.69, 9.17) is 0 Å². The maximum absolute atomic E-state index is 13.7. The Bertz CT molecular complexity index is 1190. The maximum atomic E-state index is 13.7. The predicted molar refractivity (Wildman–Crippen MR) is 132 cm³/mol. The number of amides is 1. The quantitative estimate of drug-likeness (QED) is 0.545. The fourth-order valence-corrected chi connectivity index (χ4v) is 5.67. The summed E-state index contributed by atoms with van der Waals surface area (Å²) >= 11 is 0. The molecule has 0 fully saturated rings. The maximum Gasteiger partial charge on any atom is 0.220 e. The molecule has 0 aliphatic carbocycles. The van der Waals surface area contributed by atoms with Crippen LogP contribution in [0.1, 0.15) is 49.4 Å². The molecule has 9 heteroatoms. The van der Waals surface area contributed by atoms with E-state index in [-0.39, 0.29) is 48.3 Å². The van der Waals surface area contributed by atoms with E-state index in [0.29, 0.717) is 11.3 Å². The number of nitrogens with zero attached hydrogens (tertiary/aromatic N) is 1. The molecule has 0 saturated carbocycles. The molecule has 0 saturated heterocycles. The molecule has 1 aliphatic heterocycles. The Morgan fingerprint density at radius 2 is 1.77 bits per heavy atom. The monoisotopic (exact) mass is 506 g/mol. The molecule has 1 amide bonds. The van der Waals surface area contributed by atoms with Gasteiger partial charge in [-0.1, -0.05) is 32.9 Å². The molecule has 1 heterocycles. The van der Waals surface area contributed by atoms with Gasteiger partial charge >= 0.3 is 0 Å². The minimum atomic E-state index is -3.39. The van der Waals surface area contributed by atoms with Crippen LogP contribution in [0.3, 0.4) is 0 Å². The fraction of sp³-hybridized carbons (Fsp3) is 0.462. The summed E-state index contributed by atoms with van der Waals surface area (Å²) in [5.74, 6) is -2.02. The number of sulfone groups is 1. The average Bonchev–Trinajstić information content (AvgIpc) is 2.74. The van der Waals surface area contributed by atoms with E-state index in [9.17, 15) is 27.1 Å². The summed E-state index contributed by atoms with van der Waals surface area (Å²) in [4.78, 5) is 16.9. The molecule has 2 atom stereocenters. The van der Waals surface area contributed by atoms with Crippen molar-refractivity contribution in [1.82, 2.24) is 5.32 Å². The lowest BCUT2D eigenvalue weighted by Gasteiger charge is -2.25. The molecule has 190 valence electrons. The van der Waals surface area contributed by atoms with Crippen LogP contribution in [-0.2, 0) is 33.2 Å². The molecule has 2 N–H and O–H groups in total. The first kappa shape index (κ1) is 26.9. The molecule has 2 aromatic rings. The number of nitrogens with one attached hydrogen (secondary N) is 1. The summed E-state index contributed by atoms with van der Waals surface area (Å²) in [6.07, 6.45) is -0.211. The molecule has 2 aromatic carbocycles. The Labute approximate surface area is 205 Å². The number of rotatable bonds is 9. The molecular weight excluding hydrogens is 474 g/mol. The summed E-state index contributed by atoms with van der Waals surface area (Å²) in [6, 6.07) is 7.80. The van der Waals surface area contributed by atoms with Gasteiger partial charge in [0.05, 0.1) is 35.9 Å². The minimum absolute atomic E-state index is 0.0145. The molecule has 0 bridgehead atoms. The zero-order valence-corrected chi connectivity index (χ0v) is 21.0. The Kier molecular flexibility index (Phi) is 8.77. The molecular formula is C26H32F2N2O4S. The number of aliphatic hydroxyl groups is 1. The first-order valence-electron chi connectivity index (χ1n) is 11.7. The van der Waals surface area contributed by atoms with Crippen molar-refractivity contribution >= 4 is 21.5 Å². The van der Waals surface area contributed by atoms with Crippen LogP contribution in [0.5, 0.6) is 0 Å². The third-order valence-corrected chi connectivity index (χ3v) is 7.34. The predicted octanol–water partition coefficient (Wildman–Crippen LogP) is 3.38. The number of benzene rings is 2. The van der Waals surface area contributed by atoms with Crippen molar-refractivity contribution in [1.29, 1.82) is 0 Å². The molecule has 3 rings (SSSR count). The number of aliphatic imine (C=N–C) groups is 1. The summed E-state index contributed by atoms with van der Waals surface area (Å²) in [7, 11) is -3.39. The van der Waals surface area contributed by atoms with E-state index in [1.54, 1.807) is 6.07 Å². The average molecular weight is 507 g/mol. The van der Waals surface area contributed by atoms with Gasteiger partial charge in [0, 0.05) is 18.1 Å². The molecule has 1 aliphatic rings. The molecule has 0 spiro atoms. The zero-order chi connectivity index (χ0) is 25.8. The Balaban J connectivity index is 1.87. The summed E-state index contributed by atoms with van der Waals surface area (Å²) in [5.41, 5.74) is 3.10. The van der Waals surface area contributed by atoms with Crippen LogP contribution in [0.4, 0.5) is 8.78 Å². The highest BCUT2D eigenvalue weighted by molar-refractivity contribution is 7.91. The van der Waals surface area contributed by atoms with Crippen LogP contribution in [0.25, 0.3) is 0 Å². The van der Waals surface area contributed by atoms with Gasteiger partial charge in [0.25, 0.3) is 0 Å². The number of hydrogen-bond donors (Lipinski definition) is 2. The second-order valence-corrected chi connectivity index (χ2v) is 11.6. The van der Waals surface area contributed by atoms with Gasteiger partial charge in [-0.25, -0.2) is 17.2 Å². The topological polar surface area (TPSA) is 95.8 Å². The standard InChI is InChI=1S/C26H32F2N2O4S/c1-4-17-5-6-19-14-35(33,34)15-24(22(19)10-17)29-13-25(31)23(30-26(32)7-16(2)3)11-18-8-20(27)12-21(28)9-18/h5-6,8-10,12,16,23,25,31H,4,7,11,13-15H2,1-3H3,(H,30,32). The largest absolute Gasteiger partial charge is 0.389 e. The van der Waals surface area contributed by atoms with Crippen molar-refractivity contribution in [2.45, 2.75) is 57.9 Å². The van der Waals surface area contributed by atoms with E-state index in [0.717, 1.165) is 35.7 Å². The van der Waals surface area contributed by atoms with Crippen molar-refractivity contribution in [3.63, 3.8) is 0 Å². The lowest BCUT2D eigenvalue weighted by molar-refractivity contribution is -0.123. The smallest absolute Gasteiger partial charge is 0.220 e. The molecule has 0 aromatic heterocycles. The number of aliphatic hydroxyl groups excluding tert-OH is 1. The van der Waals surface area contributed by atoms with Crippen LogP contribution < -0.4 is 5.32 Å². The molecule has 2 unspecified atom stereocenters. The van der Waals surface area contributed by atoms with E-state index in [1.165, 1.54) is 0 Å². The van der Waals surface area contributed by atoms with E-state index >= 15 is 0 Å². The third-order valence-electron chi connectivity index (χ3n) is 5.88. The van der Waals surface area contributed by atoms with Crippen molar-refractivity contribution in [2.75, 3.05) is 12.3 Å². The Hall–Kier alpha value is -2.65. The van der Waals surface area contributed by atoms with Crippen molar-refractivity contribution in [2.24, 2.45) is 10.9 Å². The van der Waals surface area contributed by atoms with E-state index in [1.807, 2.05) is 32.9 Å². The highest BCUT2D eigenvalue weighted by Crippen LogP contribution is 2.23. The van der Waals surface area contributed by atoms with Crippen LogP contribution >= 0.6 is 0 Å². The van der Waals surface area contributed by atoms with Gasteiger partial charge in [-0.2, -0.15) is 0 Å². The van der Waals surface area contributed by atoms with Gasteiger partial charge in [-0.15, -0.1) is 0 Å². The molecule has 0 radical (unpaired) electrons. The van der Waals surface area contributed by atoms with Gasteiger partial charge in [0.2, 0.25) is 5.91 Å². The Morgan fingerprint density at radius 1 is 1.09 bits per heavy atom. The molecule has 6 nitrogen and oxygen atoms in total. The minimum Gasteiger partial charge on any atom is -0.389 e. The van der Waals surface area contributed by atoms with E-state index in [2.05, 4.69) is 10.3 Å². The Morgan fingerprint density at radius 3 is 2.40 bits per heavy atom. The summed E-state index contributed by atoms with van der Waals surface area (Å²) in [6.45, 7) is 5.58. The number of aryl methyl sites for hydroxylation is 1. The van der Waals surface area contributed by atoms with Crippen LogP contribution in [0.15, 0.2) is 41.4 Å². The van der Waals surface area contributed by atoms with Gasteiger partial charge < -0.3 is 10.4 Å². The first-order chi connectivity index (χ1) is 16.5. The number of fused-ring (bicyclic) bond motifs is 1. The number of carbonyl (C=O) groups excluding carboxylic acids is 1. The lowest BCUT2D eigenvalue weighted by atomic mass is 9.98. The fourth-order valence-electron chi connectivity index (χ4n) is 4.18. The summed E-state index contributed by atoms with van der Waals surface area (Å²) < 4.78 is 52.3. The summed E-state index contributed by atoms with van der Waals surface area (Å²) in [5, 5.41) is 13.7. The van der Waals surface area contributed by atoms with Crippen molar-refractivity contribution in [3.05, 3.63) is 70.3 Å². The van der Waals surface area contributed by atoms with Crippen LogP contribution in [-0.4, -0.2) is 49.6 Å². The highest BCUT2D eigenvalue weighted by Gasteiger charge is 2.28. The first-order valence-corrected chi connectivity index (χ1v) is 13.6. The van der Waals surface area contributed by atoms with Gasteiger partial charge in [-0.05, 0) is 53.6 Å². The lowest BCUT2D eigenvalue weighted by Crippen LogP contribution is -2.46.